The normalized spacial score (nSPS) is 20.0. The van der Waals surface area contributed by atoms with Gasteiger partial charge >= 0.3 is 0 Å². The number of carbonyl (C=O) groups is 1. The van der Waals surface area contributed by atoms with Gasteiger partial charge in [0.1, 0.15) is 16.5 Å². The number of hydrogen-bond donors (Lipinski definition) is 1. The molecule has 1 heterocycles. The molecule has 2 aliphatic rings. The standard InChI is InChI=1S/C21H21ClF2N2O5S/c22-17-10-14(2-6-18(17)23)25-21(27)13-1-5-19(24)20(9-13)32(28,29)26-7-8-30-12-16(11-26)31-15-3-4-15/h1-2,5-6,9-10,15-16H,3-4,7-8,11-12H2,(H,25,27). The second kappa shape index (κ2) is 9.40. The smallest absolute Gasteiger partial charge is 0.255 e. The molecule has 1 atom stereocenters. The van der Waals surface area contributed by atoms with Crippen molar-refractivity contribution in [1.29, 1.82) is 0 Å². The maximum Gasteiger partial charge on any atom is 0.255 e. The van der Waals surface area contributed by atoms with Gasteiger partial charge in [-0.1, -0.05) is 11.6 Å². The lowest BCUT2D eigenvalue weighted by atomic mass is 10.2. The molecule has 4 rings (SSSR count). The highest BCUT2D eigenvalue weighted by Crippen LogP contribution is 2.28. The average Bonchev–Trinajstić information content (AvgIpc) is 3.58. The Balaban J connectivity index is 1.56. The van der Waals surface area contributed by atoms with Crippen molar-refractivity contribution < 1.29 is 31.5 Å². The molecule has 1 unspecified atom stereocenters. The molecule has 7 nitrogen and oxygen atoms in total. The Labute approximate surface area is 189 Å². The molecule has 11 heteroatoms. The Morgan fingerprint density at radius 3 is 2.59 bits per heavy atom. The molecule has 172 valence electrons. The van der Waals surface area contributed by atoms with Gasteiger partial charge in [-0.2, -0.15) is 4.31 Å². The third-order valence-corrected chi connectivity index (χ3v) is 7.26. The molecule has 0 radical (unpaired) electrons. The van der Waals surface area contributed by atoms with Crippen LogP contribution >= 0.6 is 11.6 Å². The van der Waals surface area contributed by atoms with E-state index in [1.165, 1.54) is 18.2 Å². The molecule has 2 aromatic rings. The van der Waals surface area contributed by atoms with Crippen molar-refractivity contribution in [3.63, 3.8) is 0 Å². The zero-order valence-corrected chi connectivity index (χ0v) is 18.5. The lowest BCUT2D eigenvalue weighted by molar-refractivity contribution is -0.0119. The SMILES string of the molecule is O=C(Nc1ccc(F)c(Cl)c1)c1ccc(F)c(S(=O)(=O)N2CCOCC(OC3CC3)C2)c1. The molecule has 1 saturated carbocycles. The second-order valence-corrected chi connectivity index (χ2v) is 9.94. The summed E-state index contributed by atoms with van der Waals surface area (Å²) in [6.07, 6.45) is 1.51. The molecule has 0 aromatic heterocycles. The first kappa shape index (κ1) is 23.1. The molecule has 0 bridgehead atoms. The first-order valence-corrected chi connectivity index (χ1v) is 11.8. The van der Waals surface area contributed by atoms with Gasteiger partial charge in [0.2, 0.25) is 10.0 Å². The maximum absolute atomic E-state index is 14.6. The number of nitrogens with one attached hydrogen (secondary N) is 1. The van der Waals surface area contributed by atoms with Crippen LogP contribution < -0.4 is 5.32 Å². The van der Waals surface area contributed by atoms with Crippen molar-refractivity contribution in [2.45, 2.75) is 29.9 Å². The van der Waals surface area contributed by atoms with E-state index in [-0.39, 0.29) is 48.7 Å². The minimum absolute atomic E-state index is 0.0305. The number of anilines is 1. The molecular formula is C21H21ClF2N2O5S. The summed E-state index contributed by atoms with van der Waals surface area (Å²) in [6, 6.07) is 6.67. The molecule has 2 aromatic carbocycles. The molecule has 1 aliphatic carbocycles. The summed E-state index contributed by atoms with van der Waals surface area (Å²) >= 11 is 5.71. The van der Waals surface area contributed by atoms with Crippen LogP contribution in [0.5, 0.6) is 0 Å². The van der Waals surface area contributed by atoms with Gasteiger partial charge < -0.3 is 14.8 Å². The number of amides is 1. The fraction of sp³-hybridized carbons (Fsp3) is 0.381. The van der Waals surface area contributed by atoms with Crippen LogP contribution in [0.15, 0.2) is 41.3 Å². The first-order valence-electron chi connectivity index (χ1n) is 10.0. The second-order valence-electron chi connectivity index (χ2n) is 7.62. The highest BCUT2D eigenvalue weighted by Gasteiger charge is 2.34. The van der Waals surface area contributed by atoms with Crippen molar-refractivity contribution in [3.05, 3.63) is 58.6 Å². The van der Waals surface area contributed by atoms with E-state index in [9.17, 15) is 22.0 Å². The number of ether oxygens (including phenoxy) is 2. The van der Waals surface area contributed by atoms with Gasteiger partial charge in [-0.05, 0) is 49.2 Å². The topological polar surface area (TPSA) is 84.9 Å². The molecule has 1 saturated heterocycles. The molecule has 1 aliphatic heterocycles. The van der Waals surface area contributed by atoms with Crippen LogP contribution in [0, 0.1) is 11.6 Å². The van der Waals surface area contributed by atoms with E-state index in [1.54, 1.807) is 0 Å². The molecule has 1 amide bonds. The monoisotopic (exact) mass is 486 g/mol. The van der Waals surface area contributed by atoms with Gasteiger partial charge in [-0.25, -0.2) is 17.2 Å². The molecule has 1 N–H and O–H groups in total. The highest BCUT2D eigenvalue weighted by atomic mass is 35.5. The fourth-order valence-corrected chi connectivity index (χ4v) is 5.01. The van der Waals surface area contributed by atoms with Crippen LogP contribution in [-0.2, 0) is 19.5 Å². The van der Waals surface area contributed by atoms with Crippen molar-refractivity contribution in [2.75, 3.05) is 31.6 Å². The van der Waals surface area contributed by atoms with E-state index >= 15 is 0 Å². The highest BCUT2D eigenvalue weighted by molar-refractivity contribution is 7.89. The third kappa shape index (κ3) is 5.26. The van der Waals surface area contributed by atoms with Crippen LogP contribution in [-0.4, -0.2) is 57.1 Å². The summed E-state index contributed by atoms with van der Waals surface area (Å²) in [4.78, 5) is 12.0. The summed E-state index contributed by atoms with van der Waals surface area (Å²) in [6.45, 7) is 0.476. The van der Waals surface area contributed by atoms with Crippen LogP contribution in [0.2, 0.25) is 5.02 Å². The first-order chi connectivity index (χ1) is 15.2. The Kier molecular flexibility index (Phi) is 6.78. The largest absolute Gasteiger partial charge is 0.377 e. The van der Waals surface area contributed by atoms with Crippen molar-refractivity contribution in [1.82, 2.24) is 4.31 Å². The van der Waals surface area contributed by atoms with E-state index in [0.29, 0.717) is 0 Å². The van der Waals surface area contributed by atoms with Gasteiger partial charge in [-0.15, -0.1) is 0 Å². The van der Waals surface area contributed by atoms with Gasteiger partial charge in [0.25, 0.3) is 5.91 Å². The van der Waals surface area contributed by atoms with E-state index in [4.69, 9.17) is 21.1 Å². The zero-order valence-electron chi connectivity index (χ0n) is 16.9. The summed E-state index contributed by atoms with van der Waals surface area (Å²) in [5.41, 5.74) is 0.127. The van der Waals surface area contributed by atoms with Gasteiger partial charge in [0.15, 0.2) is 0 Å². The Morgan fingerprint density at radius 2 is 1.88 bits per heavy atom. The number of nitrogens with zero attached hydrogens (tertiary/aromatic N) is 1. The fourth-order valence-electron chi connectivity index (χ4n) is 3.29. The van der Waals surface area contributed by atoms with Crippen molar-refractivity contribution in [2.24, 2.45) is 0 Å². The Bertz CT molecular complexity index is 1130. The zero-order chi connectivity index (χ0) is 22.9. The van der Waals surface area contributed by atoms with Crippen LogP contribution in [0.3, 0.4) is 0 Å². The van der Waals surface area contributed by atoms with E-state index in [0.717, 1.165) is 35.3 Å². The lowest BCUT2D eigenvalue weighted by Crippen LogP contribution is -2.39. The summed E-state index contributed by atoms with van der Waals surface area (Å²) in [7, 11) is -4.26. The van der Waals surface area contributed by atoms with Gasteiger partial charge in [-0.3, -0.25) is 4.79 Å². The number of rotatable bonds is 6. The minimum atomic E-state index is -4.26. The summed E-state index contributed by atoms with van der Waals surface area (Å²) < 4.78 is 66.7. The Morgan fingerprint density at radius 1 is 1.12 bits per heavy atom. The van der Waals surface area contributed by atoms with Crippen molar-refractivity contribution in [3.8, 4) is 0 Å². The summed E-state index contributed by atoms with van der Waals surface area (Å²) in [5.74, 6) is -2.32. The quantitative estimate of drug-likeness (QED) is 0.676. The summed E-state index contributed by atoms with van der Waals surface area (Å²) in [5, 5.41) is 2.30. The molecule has 0 spiro atoms. The lowest BCUT2D eigenvalue weighted by Gasteiger charge is -2.23. The molecule has 32 heavy (non-hydrogen) atoms. The van der Waals surface area contributed by atoms with Crippen LogP contribution in [0.4, 0.5) is 14.5 Å². The van der Waals surface area contributed by atoms with Crippen LogP contribution in [0.1, 0.15) is 23.2 Å². The van der Waals surface area contributed by atoms with E-state index in [1.807, 2.05) is 0 Å². The molecular weight excluding hydrogens is 466 g/mol. The van der Waals surface area contributed by atoms with Crippen molar-refractivity contribution >= 4 is 33.2 Å². The number of hydrogen-bond acceptors (Lipinski definition) is 5. The predicted molar refractivity (Wildman–Crippen MR) is 113 cm³/mol. The minimum Gasteiger partial charge on any atom is -0.377 e. The van der Waals surface area contributed by atoms with E-state index in [2.05, 4.69) is 5.32 Å². The van der Waals surface area contributed by atoms with Gasteiger partial charge in [0.05, 0.1) is 30.4 Å². The predicted octanol–water partition coefficient (Wildman–Crippen LogP) is 3.44. The Hall–Kier alpha value is -2.11. The number of benzene rings is 2. The third-order valence-electron chi connectivity index (χ3n) is 5.09. The number of halogens is 3. The average molecular weight is 487 g/mol. The van der Waals surface area contributed by atoms with Crippen LogP contribution in [0.25, 0.3) is 0 Å². The van der Waals surface area contributed by atoms with E-state index < -0.39 is 38.6 Å². The number of sulfonamides is 1. The number of carbonyl (C=O) groups excluding carboxylic acids is 1. The van der Waals surface area contributed by atoms with Gasteiger partial charge in [0, 0.05) is 24.3 Å². The maximum atomic E-state index is 14.6. The molecule has 2 fully saturated rings.